The van der Waals surface area contributed by atoms with Gasteiger partial charge < -0.3 is 11.1 Å². The highest BCUT2D eigenvalue weighted by Crippen LogP contribution is 2.19. The molecule has 0 unspecified atom stereocenters. The van der Waals surface area contributed by atoms with Crippen LogP contribution in [0.2, 0.25) is 0 Å². The number of nitrogens with one attached hydrogen (secondary N) is 1. The molecule has 0 rings (SSSR count). The zero-order valence-corrected chi connectivity index (χ0v) is 10.9. The minimum Gasteiger partial charge on any atom is -0.370 e. The van der Waals surface area contributed by atoms with Crippen molar-refractivity contribution in [1.82, 2.24) is 5.32 Å². The third-order valence-corrected chi connectivity index (χ3v) is 2.04. The van der Waals surface area contributed by atoms with Crippen LogP contribution in [-0.4, -0.2) is 19.0 Å². The highest BCUT2D eigenvalue weighted by molar-refractivity contribution is 5.77. The van der Waals surface area contributed by atoms with E-state index in [-0.39, 0.29) is 0 Å². The molecule has 0 aliphatic heterocycles. The van der Waals surface area contributed by atoms with Gasteiger partial charge in [0.15, 0.2) is 5.96 Å². The highest BCUT2D eigenvalue weighted by Gasteiger charge is 2.08. The van der Waals surface area contributed by atoms with Gasteiger partial charge in [-0.15, -0.1) is 0 Å². The molecule has 0 saturated carbocycles. The molecular formula is C12H27N3. The summed E-state index contributed by atoms with van der Waals surface area (Å²) >= 11 is 0. The van der Waals surface area contributed by atoms with Crippen molar-refractivity contribution in [2.45, 2.75) is 47.5 Å². The first-order chi connectivity index (χ1) is 6.81. The Labute approximate surface area is 94.5 Å². The van der Waals surface area contributed by atoms with Crippen molar-refractivity contribution in [1.29, 1.82) is 0 Å². The fourth-order valence-electron chi connectivity index (χ4n) is 1.17. The zero-order valence-electron chi connectivity index (χ0n) is 10.9. The van der Waals surface area contributed by atoms with Gasteiger partial charge in [0, 0.05) is 13.1 Å². The number of hydrogen-bond acceptors (Lipinski definition) is 1. The van der Waals surface area contributed by atoms with E-state index in [1.165, 1.54) is 6.42 Å². The van der Waals surface area contributed by atoms with Crippen LogP contribution >= 0.6 is 0 Å². The molecule has 0 aromatic carbocycles. The first kappa shape index (κ1) is 14.3. The standard InChI is InChI=1S/C12H27N3/c1-10(2)9-15-11(13)14-8-6-7-12(3,4)5/h10H,6-9H2,1-5H3,(H3,13,14,15). The van der Waals surface area contributed by atoms with E-state index >= 15 is 0 Å². The van der Waals surface area contributed by atoms with Crippen molar-refractivity contribution in [2.24, 2.45) is 22.1 Å². The second-order valence-corrected chi connectivity index (χ2v) is 5.71. The molecule has 0 aromatic heterocycles. The molecule has 3 nitrogen and oxygen atoms in total. The summed E-state index contributed by atoms with van der Waals surface area (Å²) < 4.78 is 0. The predicted molar refractivity (Wildman–Crippen MR) is 68.0 cm³/mol. The Balaban J connectivity index is 3.55. The molecule has 3 N–H and O–H groups in total. The lowest BCUT2D eigenvalue weighted by Gasteiger charge is -2.17. The van der Waals surface area contributed by atoms with E-state index < -0.39 is 0 Å². The summed E-state index contributed by atoms with van der Waals surface area (Å²) in [6, 6.07) is 0. The van der Waals surface area contributed by atoms with E-state index in [1.54, 1.807) is 0 Å². The Kier molecular flexibility index (Phi) is 6.37. The van der Waals surface area contributed by atoms with Crippen molar-refractivity contribution in [3.8, 4) is 0 Å². The number of rotatable bonds is 5. The molecule has 0 aliphatic rings. The average molecular weight is 213 g/mol. The van der Waals surface area contributed by atoms with Crippen LogP contribution in [0.3, 0.4) is 0 Å². The van der Waals surface area contributed by atoms with Crippen LogP contribution in [0.25, 0.3) is 0 Å². The number of hydrogen-bond donors (Lipinski definition) is 2. The summed E-state index contributed by atoms with van der Waals surface area (Å²) in [4.78, 5) is 4.24. The third-order valence-electron chi connectivity index (χ3n) is 2.04. The second-order valence-electron chi connectivity index (χ2n) is 5.71. The zero-order chi connectivity index (χ0) is 11.9. The maximum Gasteiger partial charge on any atom is 0.188 e. The second kappa shape index (κ2) is 6.70. The lowest BCUT2D eigenvalue weighted by atomic mass is 9.91. The van der Waals surface area contributed by atoms with Crippen LogP contribution < -0.4 is 11.1 Å². The smallest absolute Gasteiger partial charge is 0.188 e. The molecule has 0 amide bonds. The van der Waals surface area contributed by atoms with Gasteiger partial charge in [-0.05, 0) is 24.2 Å². The van der Waals surface area contributed by atoms with Crippen LogP contribution in [0.4, 0.5) is 0 Å². The lowest BCUT2D eigenvalue weighted by Crippen LogP contribution is -2.33. The monoisotopic (exact) mass is 213 g/mol. The molecule has 0 atom stereocenters. The molecule has 0 heterocycles. The predicted octanol–water partition coefficient (Wildman–Crippen LogP) is 2.37. The van der Waals surface area contributed by atoms with Gasteiger partial charge in [-0.3, -0.25) is 4.99 Å². The Hall–Kier alpha value is -0.730. The topological polar surface area (TPSA) is 50.4 Å². The van der Waals surface area contributed by atoms with Crippen LogP contribution in [0.5, 0.6) is 0 Å². The van der Waals surface area contributed by atoms with Crippen LogP contribution in [0.15, 0.2) is 4.99 Å². The van der Waals surface area contributed by atoms with Gasteiger partial charge in [0.25, 0.3) is 0 Å². The lowest BCUT2D eigenvalue weighted by molar-refractivity contribution is 0.365. The third kappa shape index (κ3) is 11.2. The summed E-state index contributed by atoms with van der Waals surface area (Å²) in [5.41, 5.74) is 6.12. The van der Waals surface area contributed by atoms with Gasteiger partial charge in [0.05, 0.1) is 0 Å². The fraction of sp³-hybridized carbons (Fsp3) is 0.917. The number of nitrogens with zero attached hydrogens (tertiary/aromatic N) is 1. The van der Waals surface area contributed by atoms with Gasteiger partial charge in [-0.2, -0.15) is 0 Å². The number of nitrogens with two attached hydrogens (primary N) is 1. The summed E-state index contributed by atoms with van der Waals surface area (Å²) in [5.74, 6) is 1.15. The molecular weight excluding hydrogens is 186 g/mol. The summed E-state index contributed by atoms with van der Waals surface area (Å²) in [5, 5.41) is 3.14. The van der Waals surface area contributed by atoms with Gasteiger partial charge in [0.2, 0.25) is 0 Å². The number of guanidine groups is 1. The molecule has 0 spiro atoms. The maximum atomic E-state index is 5.71. The molecule has 0 saturated heterocycles. The Bertz CT molecular complexity index is 190. The fourth-order valence-corrected chi connectivity index (χ4v) is 1.17. The highest BCUT2D eigenvalue weighted by atomic mass is 15.1. The van der Waals surface area contributed by atoms with Crippen molar-refractivity contribution in [2.75, 3.05) is 13.1 Å². The molecule has 0 fully saturated rings. The Morgan fingerprint density at radius 3 is 2.40 bits per heavy atom. The van der Waals surface area contributed by atoms with Crippen LogP contribution in [0.1, 0.15) is 47.5 Å². The average Bonchev–Trinajstić information content (AvgIpc) is 2.07. The van der Waals surface area contributed by atoms with Crippen molar-refractivity contribution >= 4 is 5.96 Å². The van der Waals surface area contributed by atoms with E-state index in [9.17, 15) is 0 Å². The molecule has 90 valence electrons. The normalized spacial score (nSPS) is 13.3. The molecule has 0 aliphatic carbocycles. The minimum absolute atomic E-state index is 0.408. The van der Waals surface area contributed by atoms with Crippen molar-refractivity contribution in [3.63, 3.8) is 0 Å². The maximum absolute atomic E-state index is 5.71. The van der Waals surface area contributed by atoms with Gasteiger partial charge in [-0.25, -0.2) is 0 Å². The Morgan fingerprint density at radius 2 is 1.93 bits per heavy atom. The quantitative estimate of drug-likeness (QED) is 0.418. The van der Waals surface area contributed by atoms with E-state index in [0.717, 1.165) is 19.5 Å². The van der Waals surface area contributed by atoms with Gasteiger partial charge in [0.1, 0.15) is 0 Å². The summed E-state index contributed by atoms with van der Waals surface area (Å²) in [7, 11) is 0. The molecule has 3 heteroatoms. The van der Waals surface area contributed by atoms with Crippen molar-refractivity contribution in [3.05, 3.63) is 0 Å². The van der Waals surface area contributed by atoms with Crippen LogP contribution in [0, 0.1) is 11.3 Å². The molecule has 15 heavy (non-hydrogen) atoms. The van der Waals surface area contributed by atoms with Gasteiger partial charge in [-0.1, -0.05) is 34.6 Å². The molecule has 0 radical (unpaired) electrons. The Morgan fingerprint density at radius 1 is 1.33 bits per heavy atom. The SMILES string of the molecule is CC(C)CN=C(N)NCCCC(C)(C)C. The van der Waals surface area contributed by atoms with E-state index in [1.807, 2.05) is 0 Å². The van der Waals surface area contributed by atoms with E-state index in [2.05, 4.69) is 44.9 Å². The first-order valence-electron chi connectivity index (χ1n) is 5.85. The largest absolute Gasteiger partial charge is 0.370 e. The summed E-state index contributed by atoms with van der Waals surface area (Å²) in [6.07, 6.45) is 2.35. The minimum atomic E-state index is 0.408. The first-order valence-corrected chi connectivity index (χ1v) is 5.85. The van der Waals surface area contributed by atoms with E-state index in [0.29, 0.717) is 17.3 Å². The van der Waals surface area contributed by atoms with E-state index in [4.69, 9.17) is 5.73 Å². The molecule has 0 aromatic rings. The van der Waals surface area contributed by atoms with Crippen molar-refractivity contribution < 1.29 is 0 Å². The van der Waals surface area contributed by atoms with Crippen LogP contribution in [-0.2, 0) is 0 Å². The molecule has 0 bridgehead atoms. The number of aliphatic imine (C=N–C) groups is 1. The summed E-state index contributed by atoms with van der Waals surface area (Å²) in [6.45, 7) is 12.8. The van der Waals surface area contributed by atoms with Gasteiger partial charge >= 0.3 is 0 Å².